The molecular formula is C20H29N5O4S. The van der Waals surface area contributed by atoms with Crippen LogP contribution >= 0.6 is 0 Å². The molecule has 2 aromatic rings. The molecule has 2 aliphatic rings. The molecule has 0 bridgehead atoms. The number of fused-ring (bicyclic) bond motifs is 1. The summed E-state index contributed by atoms with van der Waals surface area (Å²) in [5, 5.41) is 13.6. The van der Waals surface area contributed by atoms with E-state index in [9.17, 15) is 18.3 Å². The number of piperidine rings is 1. The Morgan fingerprint density at radius 3 is 2.63 bits per heavy atom. The van der Waals surface area contributed by atoms with Crippen LogP contribution in [0.4, 0.5) is 5.95 Å². The van der Waals surface area contributed by atoms with Crippen LogP contribution in [0.5, 0.6) is 0 Å². The summed E-state index contributed by atoms with van der Waals surface area (Å²) in [6, 6.07) is -0.352. The topological polar surface area (TPSA) is 117 Å². The van der Waals surface area contributed by atoms with Crippen LogP contribution in [0.1, 0.15) is 49.7 Å². The maximum atomic E-state index is 13.3. The highest BCUT2D eigenvalue weighted by atomic mass is 32.2. The molecule has 2 aromatic heterocycles. The molecule has 2 fully saturated rings. The molecule has 9 nitrogen and oxygen atoms in total. The lowest BCUT2D eigenvalue weighted by Crippen LogP contribution is -2.42. The van der Waals surface area contributed by atoms with Crippen LogP contribution in [0.2, 0.25) is 0 Å². The summed E-state index contributed by atoms with van der Waals surface area (Å²) < 4.78 is 58.3. The molecule has 10 heteroatoms. The van der Waals surface area contributed by atoms with Gasteiger partial charge in [-0.3, -0.25) is 9.36 Å². The van der Waals surface area contributed by atoms with Crippen LogP contribution in [-0.4, -0.2) is 63.8 Å². The number of aryl methyl sites for hydroxylation is 1. The summed E-state index contributed by atoms with van der Waals surface area (Å²) in [6.07, 6.45) is 3.37. The van der Waals surface area contributed by atoms with Gasteiger partial charge in [0.2, 0.25) is 16.0 Å². The minimum absolute atomic E-state index is 0.0938. The zero-order valence-electron chi connectivity index (χ0n) is 21.0. The maximum Gasteiger partial charge on any atom is 0.255 e. The molecule has 0 unspecified atom stereocenters. The van der Waals surface area contributed by atoms with Gasteiger partial charge in [-0.15, -0.1) is 0 Å². The van der Waals surface area contributed by atoms with Gasteiger partial charge in [0.1, 0.15) is 5.65 Å². The summed E-state index contributed by atoms with van der Waals surface area (Å²) in [6.45, 7) is -0.430. The Labute approximate surface area is 181 Å². The lowest BCUT2D eigenvalue weighted by molar-refractivity contribution is 0.129. The number of anilines is 1. The first-order valence-corrected chi connectivity index (χ1v) is 11.9. The molecule has 1 saturated carbocycles. The van der Waals surface area contributed by atoms with Crippen LogP contribution in [0.15, 0.2) is 17.1 Å². The summed E-state index contributed by atoms with van der Waals surface area (Å²) in [4.78, 5) is 22.0. The molecule has 1 aliphatic heterocycles. The highest BCUT2D eigenvalue weighted by molar-refractivity contribution is 7.88. The highest BCUT2D eigenvalue weighted by Gasteiger charge is 2.34. The Balaban J connectivity index is 1.75. The third kappa shape index (κ3) is 3.95. The van der Waals surface area contributed by atoms with Crippen LogP contribution < -0.4 is 10.9 Å². The first-order valence-electron chi connectivity index (χ1n) is 12.0. The normalized spacial score (nSPS) is 29.8. The third-order valence-corrected chi connectivity index (χ3v) is 7.46. The molecule has 1 aliphatic carbocycles. The summed E-state index contributed by atoms with van der Waals surface area (Å²) in [5.41, 5.74) is -0.772. The molecule has 0 spiro atoms. The van der Waals surface area contributed by atoms with Crippen molar-refractivity contribution >= 4 is 27.0 Å². The van der Waals surface area contributed by atoms with Crippen molar-refractivity contribution in [3.05, 3.63) is 28.2 Å². The van der Waals surface area contributed by atoms with E-state index in [1.165, 1.54) is 21.1 Å². The van der Waals surface area contributed by atoms with E-state index in [1.807, 2.05) is 6.92 Å². The van der Waals surface area contributed by atoms with Crippen molar-refractivity contribution in [1.29, 1.82) is 0 Å². The second-order valence-corrected chi connectivity index (χ2v) is 10.1. The Morgan fingerprint density at radius 2 is 2.03 bits per heavy atom. The van der Waals surface area contributed by atoms with E-state index in [-0.39, 0.29) is 49.0 Å². The molecule has 2 N–H and O–H groups in total. The molecular weight excluding hydrogens is 406 g/mol. The molecule has 3 heterocycles. The van der Waals surface area contributed by atoms with E-state index >= 15 is 0 Å². The van der Waals surface area contributed by atoms with Gasteiger partial charge in [0.15, 0.2) is 0 Å². The molecule has 1 saturated heterocycles. The van der Waals surface area contributed by atoms with Crippen LogP contribution in [0, 0.1) is 12.8 Å². The zero-order chi connectivity index (χ0) is 25.1. The fraction of sp³-hybridized carbons (Fsp3) is 0.650. The maximum absolute atomic E-state index is 13.3. The fourth-order valence-electron chi connectivity index (χ4n) is 4.35. The predicted octanol–water partition coefficient (Wildman–Crippen LogP) is 1.27. The van der Waals surface area contributed by atoms with E-state index in [0.29, 0.717) is 18.2 Å². The molecule has 0 aromatic carbocycles. The quantitative estimate of drug-likeness (QED) is 0.736. The van der Waals surface area contributed by atoms with Gasteiger partial charge in [-0.25, -0.2) is 17.7 Å². The number of rotatable bonds is 4. The first-order chi connectivity index (χ1) is 15.7. The van der Waals surface area contributed by atoms with Gasteiger partial charge in [0, 0.05) is 52.3 Å². The smallest absolute Gasteiger partial charge is 0.255 e. The van der Waals surface area contributed by atoms with Crippen molar-refractivity contribution in [2.24, 2.45) is 5.92 Å². The van der Waals surface area contributed by atoms with Gasteiger partial charge in [-0.1, -0.05) is 6.92 Å². The number of hydrogen-bond acceptors (Lipinski definition) is 7. The summed E-state index contributed by atoms with van der Waals surface area (Å²) in [7, 11) is -3.34. The fourth-order valence-corrected chi connectivity index (χ4v) is 5.19. The molecule has 30 heavy (non-hydrogen) atoms. The highest BCUT2D eigenvalue weighted by Crippen LogP contribution is 2.36. The van der Waals surface area contributed by atoms with E-state index in [4.69, 9.17) is 5.48 Å². The standard InChI is InChI=1S/C20H29N5O4S/c1-12-10-14-11-21-20(22-15-6-8-24(9-7-15)30(3,28)29)23-18(14)25(19(12)27)16-4-5-17(26)13(16)2/h10-11,13,15-17,26H,4-9H2,1-3H3,(H,21,22,23)/t13-,16+,17+/m0/s1/i1D3,15D. The Hall–Kier alpha value is -2.04. The number of nitrogens with zero attached hydrogens (tertiary/aromatic N) is 4. The van der Waals surface area contributed by atoms with Crippen LogP contribution in [-0.2, 0) is 10.0 Å². The lowest BCUT2D eigenvalue weighted by Gasteiger charge is -2.30. The van der Waals surface area contributed by atoms with E-state index in [0.717, 1.165) is 6.26 Å². The summed E-state index contributed by atoms with van der Waals surface area (Å²) >= 11 is 0. The number of aliphatic hydroxyl groups is 1. The first kappa shape index (κ1) is 16.6. The van der Waals surface area contributed by atoms with Crippen LogP contribution in [0.3, 0.4) is 0 Å². The predicted molar refractivity (Wildman–Crippen MR) is 115 cm³/mol. The minimum Gasteiger partial charge on any atom is -0.393 e. The van der Waals surface area contributed by atoms with Gasteiger partial charge in [-0.05, 0) is 38.6 Å². The van der Waals surface area contributed by atoms with Gasteiger partial charge >= 0.3 is 0 Å². The Morgan fingerprint density at radius 1 is 1.30 bits per heavy atom. The second-order valence-electron chi connectivity index (χ2n) is 8.17. The average Bonchev–Trinajstić information content (AvgIpc) is 3.04. The minimum atomic E-state index is -3.34. The summed E-state index contributed by atoms with van der Waals surface area (Å²) in [5.74, 6) is -0.182. The number of pyridine rings is 1. The molecule has 0 radical (unpaired) electrons. The number of aromatic nitrogens is 3. The Bertz CT molecular complexity index is 1260. The van der Waals surface area contributed by atoms with Crippen molar-refractivity contribution in [1.82, 2.24) is 18.8 Å². The third-order valence-electron chi connectivity index (χ3n) is 6.16. The zero-order valence-corrected chi connectivity index (χ0v) is 17.8. The molecule has 0 amide bonds. The van der Waals surface area contributed by atoms with E-state index in [2.05, 4.69) is 15.3 Å². The largest absolute Gasteiger partial charge is 0.393 e. The van der Waals surface area contributed by atoms with Gasteiger partial charge in [-0.2, -0.15) is 4.98 Å². The molecule has 3 atom stereocenters. The van der Waals surface area contributed by atoms with E-state index < -0.39 is 40.6 Å². The molecule has 4 rings (SSSR count). The number of sulfonamides is 1. The monoisotopic (exact) mass is 439 g/mol. The molecule has 164 valence electrons. The average molecular weight is 440 g/mol. The van der Waals surface area contributed by atoms with Gasteiger partial charge in [0.25, 0.3) is 5.56 Å². The van der Waals surface area contributed by atoms with Crippen molar-refractivity contribution in [3.8, 4) is 0 Å². The number of nitrogens with one attached hydrogen (secondary N) is 1. The van der Waals surface area contributed by atoms with Crippen molar-refractivity contribution in [2.45, 2.75) is 57.6 Å². The SMILES string of the molecule is [2H]C1(Nc2ncc3cc(C([2H])([2H])[2H])c(=O)n([C@@H]4CC[C@@H](O)[C@H]4C)c3n2)CCN(S(C)(=O)=O)CC1. The van der Waals surface area contributed by atoms with Crippen molar-refractivity contribution in [2.75, 3.05) is 24.7 Å². The Kier molecular flexibility index (Phi) is 4.38. The van der Waals surface area contributed by atoms with Crippen molar-refractivity contribution in [3.63, 3.8) is 0 Å². The number of aliphatic hydroxyl groups excluding tert-OH is 1. The number of hydrogen-bond donors (Lipinski definition) is 2. The lowest BCUT2D eigenvalue weighted by atomic mass is 10.0. The van der Waals surface area contributed by atoms with Crippen molar-refractivity contribution < 1.29 is 19.0 Å². The van der Waals surface area contributed by atoms with Crippen LogP contribution in [0.25, 0.3) is 11.0 Å². The van der Waals surface area contributed by atoms with Gasteiger partial charge in [0.05, 0.1) is 13.7 Å². The van der Waals surface area contributed by atoms with E-state index in [1.54, 1.807) is 0 Å². The van der Waals surface area contributed by atoms with Gasteiger partial charge < -0.3 is 10.4 Å². The second kappa shape index (κ2) is 7.90.